The van der Waals surface area contributed by atoms with E-state index in [4.69, 9.17) is 0 Å². The summed E-state index contributed by atoms with van der Waals surface area (Å²) in [6.45, 7) is 2.94. The molecule has 0 saturated carbocycles. The third-order valence-electron chi connectivity index (χ3n) is 3.09. The highest BCUT2D eigenvalue weighted by molar-refractivity contribution is 9.10. The molecule has 1 aromatic heterocycles. The van der Waals surface area contributed by atoms with Crippen LogP contribution in [0.15, 0.2) is 34.9 Å². The number of amides is 1. The van der Waals surface area contributed by atoms with Crippen molar-refractivity contribution in [2.75, 3.05) is 28.6 Å². The number of hydrogen-bond donors (Lipinski definition) is 2. The van der Waals surface area contributed by atoms with Crippen molar-refractivity contribution in [3.63, 3.8) is 0 Å². The molecule has 3 rings (SSSR count). The van der Waals surface area contributed by atoms with Crippen LogP contribution in [0.25, 0.3) is 0 Å². The van der Waals surface area contributed by atoms with Crippen LogP contribution in [0.1, 0.15) is 6.92 Å². The Morgan fingerprint density at radius 2 is 2.24 bits per heavy atom. The van der Waals surface area contributed by atoms with E-state index in [0.717, 1.165) is 22.4 Å². The van der Waals surface area contributed by atoms with Crippen LogP contribution in [0, 0.1) is 0 Å². The highest BCUT2D eigenvalue weighted by atomic mass is 79.9. The Kier molecular flexibility index (Phi) is 3.74. The number of carbonyl (C=O) groups excluding carboxylic acids is 1. The van der Waals surface area contributed by atoms with E-state index >= 15 is 0 Å². The van der Waals surface area contributed by atoms with Gasteiger partial charge in [0.25, 0.3) is 0 Å². The normalized spacial score (nSPS) is 13.6. The van der Waals surface area contributed by atoms with Gasteiger partial charge in [-0.25, -0.2) is 4.98 Å². The quantitative estimate of drug-likeness (QED) is 0.893. The first-order valence-electron chi connectivity index (χ1n) is 6.62. The smallest absolute Gasteiger partial charge is 0.244 e. The zero-order valence-electron chi connectivity index (χ0n) is 11.4. The van der Waals surface area contributed by atoms with Crippen molar-refractivity contribution < 1.29 is 4.79 Å². The second kappa shape index (κ2) is 5.69. The van der Waals surface area contributed by atoms with Gasteiger partial charge in [-0.3, -0.25) is 4.79 Å². The molecule has 0 radical (unpaired) electrons. The molecule has 0 saturated heterocycles. The Balaban J connectivity index is 2.08. The average molecular weight is 348 g/mol. The van der Waals surface area contributed by atoms with Gasteiger partial charge in [-0.05, 0) is 35.0 Å². The van der Waals surface area contributed by atoms with Gasteiger partial charge in [0.05, 0.1) is 15.8 Å². The van der Waals surface area contributed by atoms with Gasteiger partial charge in [-0.2, -0.15) is 4.98 Å². The maximum Gasteiger partial charge on any atom is 0.244 e. The first-order valence-corrected chi connectivity index (χ1v) is 7.41. The van der Waals surface area contributed by atoms with E-state index in [0.29, 0.717) is 11.8 Å². The monoisotopic (exact) mass is 347 g/mol. The summed E-state index contributed by atoms with van der Waals surface area (Å²) in [6, 6.07) is 7.65. The number of para-hydroxylation sites is 2. The van der Waals surface area contributed by atoms with Gasteiger partial charge < -0.3 is 15.5 Å². The first kappa shape index (κ1) is 13.8. The number of nitrogens with one attached hydrogen (secondary N) is 2. The van der Waals surface area contributed by atoms with Crippen LogP contribution in [0.3, 0.4) is 0 Å². The molecule has 108 valence electrons. The van der Waals surface area contributed by atoms with E-state index in [1.54, 1.807) is 6.20 Å². The lowest BCUT2D eigenvalue weighted by Crippen LogP contribution is -2.35. The average Bonchev–Trinajstić information content (AvgIpc) is 2.48. The summed E-state index contributed by atoms with van der Waals surface area (Å²) in [5.41, 5.74) is 1.70. The van der Waals surface area contributed by atoms with Crippen LogP contribution >= 0.6 is 15.9 Å². The summed E-state index contributed by atoms with van der Waals surface area (Å²) < 4.78 is 0.744. The second-order valence-electron chi connectivity index (χ2n) is 4.55. The zero-order chi connectivity index (χ0) is 14.8. The fraction of sp³-hybridized carbons (Fsp3) is 0.214. The summed E-state index contributed by atoms with van der Waals surface area (Å²) in [5, 5.41) is 5.94. The Bertz CT molecular complexity index is 691. The van der Waals surface area contributed by atoms with Crippen molar-refractivity contribution >= 4 is 45.0 Å². The number of halogens is 1. The van der Waals surface area contributed by atoms with E-state index < -0.39 is 0 Å². The topological polar surface area (TPSA) is 70.2 Å². The highest BCUT2D eigenvalue weighted by Crippen LogP contribution is 2.37. The number of hydrogen-bond acceptors (Lipinski definition) is 5. The number of rotatable bonds is 3. The Labute approximate surface area is 130 Å². The predicted octanol–water partition coefficient (Wildman–Crippen LogP) is 2.76. The summed E-state index contributed by atoms with van der Waals surface area (Å²) in [5.74, 6) is 1.15. The molecule has 0 aliphatic carbocycles. The van der Waals surface area contributed by atoms with E-state index in [1.807, 2.05) is 36.1 Å². The number of carbonyl (C=O) groups is 1. The van der Waals surface area contributed by atoms with Crippen LogP contribution in [0.2, 0.25) is 0 Å². The summed E-state index contributed by atoms with van der Waals surface area (Å²) >= 11 is 3.46. The number of benzene rings is 1. The van der Waals surface area contributed by atoms with E-state index in [9.17, 15) is 4.79 Å². The van der Waals surface area contributed by atoms with Gasteiger partial charge in [0.1, 0.15) is 6.54 Å². The lowest BCUT2D eigenvalue weighted by atomic mass is 10.2. The van der Waals surface area contributed by atoms with E-state index in [-0.39, 0.29) is 12.5 Å². The molecular weight excluding hydrogens is 334 g/mol. The lowest BCUT2D eigenvalue weighted by Gasteiger charge is -2.30. The maximum absolute atomic E-state index is 11.9. The highest BCUT2D eigenvalue weighted by Gasteiger charge is 2.25. The van der Waals surface area contributed by atoms with E-state index in [2.05, 4.69) is 36.5 Å². The third kappa shape index (κ3) is 2.69. The van der Waals surface area contributed by atoms with Gasteiger partial charge >= 0.3 is 0 Å². The van der Waals surface area contributed by atoms with Crippen molar-refractivity contribution in [1.82, 2.24) is 9.97 Å². The molecule has 0 atom stereocenters. The molecule has 1 amide bonds. The van der Waals surface area contributed by atoms with Crippen molar-refractivity contribution in [1.29, 1.82) is 0 Å². The number of nitrogens with zero attached hydrogens (tertiary/aromatic N) is 3. The fourth-order valence-corrected chi connectivity index (χ4v) is 2.62. The molecule has 1 aliphatic rings. The summed E-state index contributed by atoms with van der Waals surface area (Å²) in [4.78, 5) is 22.5. The van der Waals surface area contributed by atoms with Gasteiger partial charge in [-0.1, -0.05) is 12.1 Å². The van der Waals surface area contributed by atoms with Crippen molar-refractivity contribution in [3.05, 3.63) is 34.9 Å². The number of aromatic nitrogens is 2. The Morgan fingerprint density at radius 1 is 1.43 bits per heavy atom. The molecule has 0 bridgehead atoms. The molecule has 7 heteroatoms. The molecule has 0 spiro atoms. The minimum absolute atomic E-state index is 0.0655. The molecule has 2 aromatic rings. The lowest BCUT2D eigenvalue weighted by molar-refractivity contribution is -0.115. The van der Waals surface area contributed by atoms with Crippen molar-refractivity contribution in [2.45, 2.75) is 6.92 Å². The van der Waals surface area contributed by atoms with Gasteiger partial charge in [-0.15, -0.1) is 0 Å². The largest absolute Gasteiger partial charge is 0.354 e. The molecule has 0 unspecified atom stereocenters. The summed E-state index contributed by atoms with van der Waals surface area (Å²) in [6.07, 6.45) is 1.69. The van der Waals surface area contributed by atoms with Crippen LogP contribution in [0.4, 0.5) is 23.1 Å². The van der Waals surface area contributed by atoms with Crippen LogP contribution in [0.5, 0.6) is 0 Å². The van der Waals surface area contributed by atoms with Crippen LogP contribution in [-0.2, 0) is 4.79 Å². The van der Waals surface area contributed by atoms with Gasteiger partial charge in [0, 0.05) is 12.7 Å². The number of fused-ring (bicyclic) bond motifs is 1. The molecule has 6 nitrogen and oxygen atoms in total. The molecule has 0 fully saturated rings. The molecular formula is C14H14BrN5O. The fourth-order valence-electron chi connectivity index (χ4n) is 2.21. The molecule has 2 N–H and O–H groups in total. The van der Waals surface area contributed by atoms with Crippen LogP contribution < -0.4 is 15.5 Å². The van der Waals surface area contributed by atoms with Crippen molar-refractivity contribution in [2.24, 2.45) is 0 Å². The molecule has 1 aromatic carbocycles. The standard InChI is InChI=1S/C14H14BrN5O/c1-2-16-14-17-7-9(15)13(19-14)20-8-12(21)18-10-5-3-4-6-11(10)20/h3-7H,2,8H2,1H3,(H,18,21)(H,16,17,19). The third-order valence-corrected chi connectivity index (χ3v) is 3.65. The van der Waals surface area contributed by atoms with Gasteiger partial charge in [0.2, 0.25) is 11.9 Å². The molecule has 2 heterocycles. The second-order valence-corrected chi connectivity index (χ2v) is 5.40. The SMILES string of the molecule is CCNc1ncc(Br)c(N2CC(=O)Nc3ccccc32)n1. The predicted molar refractivity (Wildman–Crippen MR) is 86.0 cm³/mol. The van der Waals surface area contributed by atoms with Crippen LogP contribution in [-0.4, -0.2) is 29.0 Å². The minimum Gasteiger partial charge on any atom is -0.354 e. The van der Waals surface area contributed by atoms with Gasteiger partial charge in [0.15, 0.2) is 5.82 Å². The molecule has 1 aliphatic heterocycles. The number of anilines is 4. The Hall–Kier alpha value is -2.15. The first-order chi connectivity index (χ1) is 10.2. The molecule has 21 heavy (non-hydrogen) atoms. The minimum atomic E-state index is -0.0655. The maximum atomic E-state index is 11.9. The van der Waals surface area contributed by atoms with Crippen molar-refractivity contribution in [3.8, 4) is 0 Å². The Morgan fingerprint density at radius 3 is 3.05 bits per heavy atom. The zero-order valence-corrected chi connectivity index (χ0v) is 13.0. The van der Waals surface area contributed by atoms with E-state index in [1.165, 1.54) is 0 Å². The summed E-state index contributed by atoms with van der Waals surface area (Å²) in [7, 11) is 0.